The van der Waals surface area contributed by atoms with E-state index < -0.39 is 17.5 Å². The summed E-state index contributed by atoms with van der Waals surface area (Å²) in [6.45, 7) is 5.37. The summed E-state index contributed by atoms with van der Waals surface area (Å²) >= 11 is 12.2. The number of nitrogens with one attached hydrogen (secondary N) is 2. The lowest BCUT2D eigenvalue weighted by molar-refractivity contribution is 0.0461. The zero-order valence-corrected chi connectivity index (χ0v) is 15.7. The summed E-state index contributed by atoms with van der Waals surface area (Å²) in [6, 6.07) is 13.2. The number of hydrogen-bond acceptors (Lipinski definition) is 2. The summed E-state index contributed by atoms with van der Waals surface area (Å²) < 4.78 is 0. The molecule has 0 saturated carbocycles. The average molecular weight is 380 g/mol. The van der Waals surface area contributed by atoms with Gasteiger partial charge in [-0.25, -0.2) is 15.2 Å². The third kappa shape index (κ3) is 4.87. The highest BCUT2D eigenvalue weighted by molar-refractivity contribution is 6.39. The fraction of sp³-hybridized carbons (Fsp3) is 0.222. The Balaban J connectivity index is 2.25. The molecule has 0 fully saturated rings. The lowest BCUT2D eigenvalue weighted by Crippen LogP contribution is -2.57. The SMILES string of the molecule is CC(C)(C)N(NC(=O)Nc1ccccc1)C(=O)c1c(Cl)cccc1Cl. The molecule has 132 valence electrons. The Kier molecular flexibility index (Phi) is 5.93. The van der Waals surface area contributed by atoms with Gasteiger partial charge in [-0.1, -0.05) is 47.5 Å². The van der Waals surface area contributed by atoms with Gasteiger partial charge in [-0.05, 0) is 45.0 Å². The van der Waals surface area contributed by atoms with Crippen molar-refractivity contribution in [3.05, 3.63) is 64.1 Å². The number of hydrazine groups is 1. The summed E-state index contributed by atoms with van der Waals surface area (Å²) in [7, 11) is 0. The maximum absolute atomic E-state index is 12.9. The summed E-state index contributed by atoms with van der Waals surface area (Å²) in [5.41, 5.74) is 2.62. The van der Waals surface area contributed by atoms with Crippen molar-refractivity contribution in [3.8, 4) is 0 Å². The van der Waals surface area contributed by atoms with Crippen LogP contribution in [-0.2, 0) is 0 Å². The second-order valence-electron chi connectivity index (χ2n) is 6.34. The Hall–Kier alpha value is -2.24. The molecule has 2 aromatic carbocycles. The van der Waals surface area contributed by atoms with Gasteiger partial charge in [-0.2, -0.15) is 0 Å². The lowest BCUT2D eigenvalue weighted by atomic mass is 10.1. The third-order valence-corrected chi connectivity index (χ3v) is 3.93. The fourth-order valence-corrected chi connectivity index (χ4v) is 2.68. The van der Waals surface area contributed by atoms with E-state index in [1.54, 1.807) is 63.2 Å². The second kappa shape index (κ2) is 7.76. The molecule has 0 heterocycles. The van der Waals surface area contributed by atoms with Crippen LogP contribution in [0.5, 0.6) is 0 Å². The van der Waals surface area contributed by atoms with Crippen LogP contribution in [0.2, 0.25) is 10.0 Å². The van der Waals surface area contributed by atoms with Gasteiger partial charge < -0.3 is 5.32 Å². The number of halogens is 2. The monoisotopic (exact) mass is 379 g/mol. The largest absolute Gasteiger partial charge is 0.338 e. The molecule has 2 aromatic rings. The minimum Gasteiger partial charge on any atom is -0.307 e. The van der Waals surface area contributed by atoms with E-state index in [2.05, 4.69) is 10.7 Å². The number of benzene rings is 2. The molecule has 0 unspecified atom stereocenters. The van der Waals surface area contributed by atoms with Crippen molar-refractivity contribution >= 4 is 40.8 Å². The van der Waals surface area contributed by atoms with E-state index in [1.165, 1.54) is 5.01 Å². The van der Waals surface area contributed by atoms with Crippen molar-refractivity contribution in [2.45, 2.75) is 26.3 Å². The number of hydrogen-bond donors (Lipinski definition) is 2. The van der Waals surface area contributed by atoms with Gasteiger partial charge in [-0.3, -0.25) is 4.79 Å². The molecule has 0 bridgehead atoms. The summed E-state index contributed by atoms with van der Waals surface area (Å²) in [5.74, 6) is -0.494. The normalized spacial score (nSPS) is 10.9. The van der Waals surface area contributed by atoms with E-state index in [-0.39, 0.29) is 15.6 Å². The van der Waals surface area contributed by atoms with Gasteiger partial charge in [0.15, 0.2) is 0 Å². The molecular formula is C18H19Cl2N3O2. The molecule has 25 heavy (non-hydrogen) atoms. The molecule has 7 heteroatoms. The van der Waals surface area contributed by atoms with Gasteiger partial charge in [0.2, 0.25) is 0 Å². The summed E-state index contributed by atoms with van der Waals surface area (Å²) in [5, 5.41) is 4.32. The Morgan fingerprint density at radius 3 is 2.00 bits per heavy atom. The molecule has 0 spiro atoms. The van der Waals surface area contributed by atoms with Crippen molar-refractivity contribution in [1.82, 2.24) is 10.4 Å². The van der Waals surface area contributed by atoms with Crippen LogP contribution >= 0.6 is 23.2 Å². The van der Waals surface area contributed by atoms with E-state index in [4.69, 9.17) is 23.2 Å². The molecule has 0 aliphatic heterocycles. The number of rotatable bonds is 2. The van der Waals surface area contributed by atoms with Gasteiger partial charge in [0.05, 0.1) is 21.1 Å². The van der Waals surface area contributed by atoms with Gasteiger partial charge in [0, 0.05) is 5.69 Å². The van der Waals surface area contributed by atoms with Crippen LogP contribution in [0.3, 0.4) is 0 Å². The van der Waals surface area contributed by atoms with Crippen molar-refractivity contribution in [3.63, 3.8) is 0 Å². The number of anilines is 1. The number of nitrogens with zero attached hydrogens (tertiary/aromatic N) is 1. The zero-order valence-electron chi connectivity index (χ0n) is 14.1. The van der Waals surface area contributed by atoms with Crippen LogP contribution in [-0.4, -0.2) is 22.5 Å². The first-order chi connectivity index (χ1) is 11.7. The van der Waals surface area contributed by atoms with Crippen molar-refractivity contribution in [2.24, 2.45) is 0 Å². The lowest BCUT2D eigenvalue weighted by Gasteiger charge is -2.35. The maximum atomic E-state index is 12.9. The highest BCUT2D eigenvalue weighted by Gasteiger charge is 2.31. The first kappa shape index (κ1) is 19.1. The number of carbonyl (C=O) groups is 2. The van der Waals surface area contributed by atoms with Crippen molar-refractivity contribution in [2.75, 3.05) is 5.32 Å². The van der Waals surface area contributed by atoms with Crippen LogP contribution in [0.25, 0.3) is 0 Å². The molecule has 0 radical (unpaired) electrons. The van der Waals surface area contributed by atoms with Gasteiger partial charge >= 0.3 is 6.03 Å². The predicted octanol–water partition coefficient (Wildman–Crippen LogP) is 4.97. The van der Waals surface area contributed by atoms with Crippen LogP contribution in [0.4, 0.5) is 10.5 Å². The minimum absolute atomic E-state index is 0.140. The summed E-state index contributed by atoms with van der Waals surface area (Å²) in [4.78, 5) is 25.2. The first-order valence-electron chi connectivity index (χ1n) is 7.61. The topological polar surface area (TPSA) is 61.4 Å². The van der Waals surface area contributed by atoms with Crippen LogP contribution < -0.4 is 10.7 Å². The van der Waals surface area contributed by atoms with Crippen molar-refractivity contribution in [1.29, 1.82) is 0 Å². The third-order valence-electron chi connectivity index (χ3n) is 3.30. The Bertz CT molecular complexity index is 753. The van der Waals surface area contributed by atoms with E-state index in [0.717, 1.165) is 0 Å². The maximum Gasteiger partial charge on any atom is 0.338 e. The molecule has 0 atom stereocenters. The molecule has 2 N–H and O–H groups in total. The van der Waals surface area contributed by atoms with Crippen molar-refractivity contribution < 1.29 is 9.59 Å². The molecule has 0 saturated heterocycles. The smallest absolute Gasteiger partial charge is 0.307 e. The first-order valence-corrected chi connectivity index (χ1v) is 8.37. The summed E-state index contributed by atoms with van der Waals surface area (Å²) in [6.07, 6.45) is 0. The van der Waals surface area contributed by atoms with E-state index in [1.807, 2.05) is 6.07 Å². The van der Waals surface area contributed by atoms with Crippen LogP contribution in [0.15, 0.2) is 48.5 Å². The quantitative estimate of drug-likeness (QED) is 0.723. The fourth-order valence-electron chi connectivity index (χ4n) is 2.12. The number of amides is 3. The molecular weight excluding hydrogens is 361 g/mol. The standard InChI is InChI=1S/C18H19Cl2N3O2/c1-18(2,3)23(16(24)15-13(19)10-7-11-14(15)20)22-17(25)21-12-8-5-4-6-9-12/h4-11H,1-3H3,(H2,21,22,25). The number of para-hydroxylation sites is 1. The minimum atomic E-state index is -0.701. The predicted molar refractivity (Wildman–Crippen MR) is 101 cm³/mol. The second-order valence-corrected chi connectivity index (χ2v) is 7.15. The van der Waals surface area contributed by atoms with Gasteiger partial charge in [0.25, 0.3) is 5.91 Å². The molecule has 0 aromatic heterocycles. The van der Waals surface area contributed by atoms with Crippen LogP contribution in [0, 0.1) is 0 Å². The number of urea groups is 1. The molecule has 2 rings (SSSR count). The zero-order chi connectivity index (χ0) is 18.6. The molecule has 5 nitrogen and oxygen atoms in total. The van der Waals surface area contributed by atoms with E-state index in [9.17, 15) is 9.59 Å². The molecule has 0 aliphatic carbocycles. The van der Waals surface area contributed by atoms with Gasteiger partial charge in [-0.15, -0.1) is 0 Å². The average Bonchev–Trinajstić information content (AvgIpc) is 2.52. The molecule has 3 amide bonds. The Morgan fingerprint density at radius 2 is 1.48 bits per heavy atom. The van der Waals surface area contributed by atoms with Crippen LogP contribution in [0.1, 0.15) is 31.1 Å². The highest BCUT2D eigenvalue weighted by Crippen LogP contribution is 2.27. The Labute approximate surface area is 156 Å². The highest BCUT2D eigenvalue weighted by atomic mass is 35.5. The van der Waals surface area contributed by atoms with E-state index in [0.29, 0.717) is 5.69 Å². The molecule has 0 aliphatic rings. The number of carbonyl (C=O) groups excluding carboxylic acids is 2. The van der Waals surface area contributed by atoms with E-state index >= 15 is 0 Å². The Morgan fingerprint density at radius 1 is 0.920 bits per heavy atom. The van der Waals surface area contributed by atoms with Gasteiger partial charge in [0.1, 0.15) is 0 Å².